The molecule has 0 bridgehead atoms. The molecule has 24 heavy (non-hydrogen) atoms. The number of rotatable bonds is 2. The summed E-state index contributed by atoms with van der Waals surface area (Å²) in [6.45, 7) is 1.67. The van der Waals surface area contributed by atoms with Gasteiger partial charge >= 0.3 is 0 Å². The topological polar surface area (TPSA) is 32.7 Å². The van der Waals surface area contributed by atoms with E-state index in [9.17, 15) is 18.0 Å². The minimum Gasteiger partial charge on any atom is -0.272 e. The predicted octanol–water partition coefficient (Wildman–Crippen LogP) is 4.53. The lowest BCUT2D eigenvalue weighted by atomic mass is 9.96. The molecule has 0 aromatic heterocycles. The van der Waals surface area contributed by atoms with Crippen LogP contribution in [0.3, 0.4) is 0 Å². The van der Waals surface area contributed by atoms with E-state index in [1.165, 1.54) is 12.1 Å². The number of hydrogen-bond acceptors (Lipinski definition) is 2. The number of carbonyl (C=O) groups is 1. The van der Waals surface area contributed by atoms with E-state index >= 15 is 0 Å². The summed E-state index contributed by atoms with van der Waals surface area (Å²) in [5, 5.41) is 5.09. The van der Waals surface area contributed by atoms with Crippen LogP contribution in [0, 0.1) is 23.4 Å². The smallest absolute Gasteiger partial charge is 0.250 e. The molecule has 0 aliphatic carbocycles. The quantitative estimate of drug-likeness (QED) is 0.781. The van der Waals surface area contributed by atoms with Gasteiger partial charge in [-0.1, -0.05) is 24.6 Å². The van der Waals surface area contributed by atoms with Gasteiger partial charge < -0.3 is 0 Å². The van der Waals surface area contributed by atoms with Gasteiger partial charge in [0.1, 0.15) is 17.5 Å². The van der Waals surface area contributed by atoms with Crippen molar-refractivity contribution in [2.24, 2.45) is 11.0 Å². The Morgan fingerprint density at radius 1 is 1.12 bits per heavy atom. The van der Waals surface area contributed by atoms with Crippen molar-refractivity contribution in [2.75, 3.05) is 5.01 Å². The molecule has 3 rings (SSSR count). The third-order valence-corrected chi connectivity index (χ3v) is 4.00. The summed E-state index contributed by atoms with van der Waals surface area (Å²) in [5.74, 6) is -3.10. The molecule has 1 unspecified atom stereocenters. The summed E-state index contributed by atoms with van der Waals surface area (Å²) in [6.07, 6.45) is 0.286. The molecule has 1 amide bonds. The Bertz CT molecular complexity index is 833. The van der Waals surface area contributed by atoms with Crippen LogP contribution < -0.4 is 5.01 Å². The van der Waals surface area contributed by atoms with Crippen LogP contribution in [0.5, 0.6) is 0 Å². The molecule has 0 fully saturated rings. The van der Waals surface area contributed by atoms with E-state index in [2.05, 4.69) is 5.10 Å². The van der Waals surface area contributed by atoms with Crippen LogP contribution in [-0.4, -0.2) is 11.6 Å². The minimum atomic E-state index is -0.815. The molecule has 0 N–H and O–H groups in total. The Morgan fingerprint density at radius 2 is 1.79 bits per heavy atom. The minimum absolute atomic E-state index is 0.0176. The van der Waals surface area contributed by atoms with Crippen LogP contribution in [0.2, 0.25) is 5.02 Å². The lowest BCUT2D eigenvalue weighted by Crippen LogP contribution is -2.37. The molecule has 124 valence electrons. The Hall–Kier alpha value is -2.34. The lowest BCUT2D eigenvalue weighted by Gasteiger charge is -2.27. The van der Waals surface area contributed by atoms with Crippen molar-refractivity contribution >= 4 is 28.9 Å². The molecule has 0 spiro atoms. The van der Waals surface area contributed by atoms with Crippen LogP contribution in [0.25, 0.3) is 0 Å². The van der Waals surface area contributed by atoms with E-state index < -0.39 is 29.3 Å². The van der Waals surface area contributed by atoms with Crippen LogP contribution in [0.1, 0.15) is 18.9 Å². The van der Waals surface area contributed by atoms with E-state index in [0.717, 1.165) is 17.1 Å². The first kappa shape index (κ1) is 16.5. The number of carbonyl (C=O) groups excluding carboxylic acids is 1. The molecular weight excluding hydrogens is 341 g/mol. The van der Waals surface area contributed by atoms with Crippen molar-refractivity contribution in [3.8, 4) is 0 Å². The van der Waals surface area contributed by atoms with E-state index in [1.807, 2.05) is 0 Å². The zero-order valence-corrected chi connectivity index (χ0v) is 13.3. The fourth-order valence-corrected chi connectivity index (χ4v) is 2.61. The van der Waals surface area contributed by atoms with Gasteiger partial charge in [0.05, 0.1) is 16.4 Å². The molecule has 2 aromatic carbocycles. The van der Waals surface area contributed by atoms with Crippen molar-refractivity contribution < 1.29 is 18.0 Å². The molecule has 2 aromatic rings. The van der Waals surface area contributed by atoms with Gasteiger partial charge in [0.15, 0.2) is 0 Å². The number of halogens is 4. The molecule has 0 saturated heterocycles. The maximum atomic E-state index is 13.7. The highest BCUT2D eigenvalue weighted by atomic mass is 35.5. The van der Waals surface area contributed by atoms with Crippen LogP contribution in [0.15, 0.2) is 41.5 Å². The Morgan fingerprint density at radius 3 is 2.42 bits per heavy atom. The summed E-state index contributed by atoms with van der Waals surface area (Å²) < 4.78 is 40.5. The van der Waals surface area contributed by atoms with Crippen LogP contribution in [-0.2, 0) is 4.79 Å². The zero-order chi connectivity index (χ0) is 17.4. The second-order valence-electron chi connectivity index (χ2n) is 5.56. The highest BCUT2D eigenvalue weighted by molar-refractivity contribution is 6.30. The van der Waals surface area contributed by atoms with Gasteiger partial charge in [-0.05, 0) is 24.3 Å². The average Bonchev–Trinajstić information content (AvgIpc) is 2.51. The summed E-state index contributed by atoms with van der Waals surface area (Å²) in [4.78, 5) is 12.3. The van der Waals surface area contributed by atoms with Gasteiger partial charge in [-0.25, -0.2) is 18.2 Å². The molecule has 1 aliphatic rings. The first-order valence-electron chi connectivity index (χ1n) is 7.18. The van der Waals surface area contributed by atoms with E-state index in [-0.39, 0.29) is 17.1 Å². The number of hydrazone groups is 1. The molecule has 7 heteroatoms. The SMILES string of the molecule is CC1CC(c2ccc(Cl)c(F)c2)=NN(c2cc(F)cc(F)c2)C1=O. The summed E-state index contributed by atoms with van der Waals surface area (Å²) in [5.41, 5.74) is 0.872. The Labute approximate surface area is 141 Å². The predicted molar refractivity (Wildman–Crippen MR) is 85.6 cm³/mol. The standard InChI is InChI=1S/C17H12ClF3N2O/c1-9-4-16(10-2-3-14(18)15(21)5-10)22-23(17(9)24)13-7-11(19)6-12(20)8-13/h2-3,5-9H,4H2,1H3. The third-order valence-electron chi connectivity index (χ3n) is 3.70. The second-order valence-corrected chi connectivity index (χ2v) is 5.97. The van der Waals surface area contributed by atoms with Gasteiger partial charge in [-0.2, -0.15) is 5.10 Å². The summed E-state index contributed by atoms with van der Waals surface area (Å²) in [6, 6.07) is 6.93. The zero-order valence-electron chi connectivity index (χ0n) is 12.6. The normalized spacial score (nSPS) is 17.9. The fourth-order valence-electron chi connectivity index (χ4n) is 2.49. The van der Waals surface area contributed by atoms with Gasteiger partial charge in [0, 0.05) is 24.0 Å². The molecule has 1 heterocycles. The fraction of sp³-hybridized carbons (Fsp3) is 0.176. The van der Waals surface area contributed by atoms with Gasteiger partial charge in [0.2, 0.25) is 0 Å². The molecule has 0 radical (unpaired) electrons. The van der Waals surface area contributed by atoms with Crippen molar-refractivity contribution in [3.05, 3.63) is 64.4 Å². The van der Waals surface area contributed by atoms with Crippen molar-refractivity contribution in [3.63, 3.8) is 0 Å². The third kappa shape index (κ3) is 3.14. The molecule has 0 saturated carbocycles. The largest absolute Gasteiger partial charge is 0.272 e. The monoisotopic (exact) mass is 352 g/mol. The number of amides is 1. The number of hydrogen-bond donors (Lipinski definition) is 0. The Balaban J connectivity index is 2.07. The van der Waals surface area contributed by atoms with E-state index in [1.54, 1.807) is 13.0 Å². The highest BCUT2D eigenvalue weighted by Gasteiger charge is 2.30. The number of benzene rings is 2. The first-order chi connectivity index (χ1) is 11.3. The molecular formula is C17H12ClF3N2O. The average molecular weight is 353 g/mol. The van der Waals surface area contributed by atoms with Crippen molar-refractivity contribution in [1.29, 1.82) is 0 Å². The number of anilines is 1. The lowest BCUT2D eigenvalue weighted by molar-refractivity contribution is -0.122. The second kappa shape index (κ2) is 6.28. The summed E-state index contributed by atoms with van der Waals surface area (Å²) in [7, 11) is 0. The van der Waals surface area contributed by atoms with Gasteiger partial charge in [0.25, 0.3) is 5.91 Å². The molecule has 1 aliphatic heterocycles. The highest BCUT2D eigenvalue weighted by Crippen LogP contribution is 2.27. The maximum absolute atomic E-state index is 13.7. The summed E-state index contributed by atoms with van der Waals surface area (Å²) >= 11 is 5.67. The van der Waals surface area contributed by atoms with Crippen molar-refractivity contribution in [2.45, 2.75) is 13.3 Å². The van der Waals surface area contributed by atoms with E-state index in [4.69, 9.17) is 11.6 Å². The molecule has 1 atom stereocenters. The first-order valence-corrected chi connectivity index (χ1v) is 7.56. The maximum Gasteiger partial charge on any atom is 0.250 e. The van der Waals surface area contributed by atoms with Crippen LogP contribution >= 0.6 is 11.6 Å². The van der Waals surface area contributed by atoms with Crippen molar-refractivity contribution in [1.82, 2.24) is 0 Å². The van der Waals surface area contributed by atoms with Crippen LogP contribution in [0.4, 0.5) is 18.9 Å². The number of nitrogens with zero attached hydrogens (tertiary/aromatic N) is 2. The van der Waals surface area contributed by atoms with Gasteiger partial charge in [-0.15, -0.1) is 0 Å². The van der Waals surface area contributed by atoms with E-state index in [0.29, 0.717) is 17.3 Å². The Kier molecular flexibility index (Phi) is 4.32. The van der Waals surface area contributed by atoms with Gasteiger partial charge in [-0.3, -0.25) is 4.79 Å². The molecule has 3 nitrogen and oxygen atoms in total.